The highest BCUT2D eigenvalue weighted by Gasteiger charge is 2.65. The molecule has 0 N–H and O–H groups in total. The number of carbonyl (C=O) groups is 2. The van der Waals surface area contributed by atoms with Gasteiger partial charge in [-0.1, -0.05) is 19.4 Å². The van der Waals surface area contributed by atoms with Gasteiger partial charge in [0, 0.05) is 12.0 Å². The van der Waals surface area contributed by atoms with Gasteiger partial charge >= 0.3 is 28.3 Å². The Labute approximate surface area is 190 Å². The van der Waals surface area contributed by atoms with E-state index in [0.29, 0.717) is 0 Å². The maximum Gasteiger partial charge on any atom is 0.430 e. The Kier molecular flexibility index (Phi) is 6.96. The molecule has 0 unspecified atom stereocenters. The third kappa shape index (κ3) is 7.59. The van der Waals surface area contributed by atoms with Gasteiger partial charge in [-0.15, -0.1) is 10.1 Å². The molecular formula is C17H15F8NO8S. The standard InChI is InChI=1S/C17H15F8NO8S/c1-9-5-11(35(21,22,23,24)25)6-10-7-12(15(17(18,19)20)34-14(9)10)16(28)32-8-31-13(27)3-2-4-33-26(29)30/h5-7,15H,2-4,8H2,1H3/t15-/m0/s1. The summed E-state index contributed by atoms with van der Waals surface area (Å²) in [5.41, 5.74) is -2.97. The molecule has 198 valence electrons. The van der Waals surface area contributed by atoms with Crippen molar-refractivity contribution in [2.45, 2.75) is 36.9 Å². The molecule has 1 aromatic carbocycles. The first-order valence-electron chi connectivity index (χ1n) is 9.13. The molecule has 9 nitrogen and oxygen atoms in total. The molecule has 0 fully saturated rings. The number of benzene rings is 1. The molecule has 1 atom stereocenters. The zero-order chi connectivity index (χ0) is 26.9. The minimum atomic E-state index is -10.2. The van der Waals surface area contributed by atoms with Gasteiger partial charge in [0.15, 0.2) is 0 Å². The molecule has 1 aliphatic heterocycles. The van der Waals surface area contributed by atoms with Crippen LogP contribution in [0, 0.1) is 17.0 Å². The lowest BCUT2D eigenvalue weighted by Gasteiger charge is -2.41. The van der Waals surface area contributed by atoms with Crippen molar-refractivity contribution < 1.29 is 66.3 Å². The molecule has 1 heterocycles. The highest BCUT2D eigenvalue weighted by atomic mass is 32.5. The summed E-state index contributed by atoms with van der Waals surface area (Å²) in [6, 6.07) is -0.224. The van der Waals surface area contributed by atoms with E-state index in [1.807, 2.05) is 0 Å². The summed E-state index contributed by atoms with van der Waals surface area (Å²) in [5, 5.41) is 8.84. The van der Waals surface area contributed by atoms with Gasteiger partial charge in [-0.2, -0.15) is 13.2 Å². The lowest BCUT2D eigenvalue weighted by molar-refractivity contribution is -0.757. The van der Waals surface area contributed by atoms with Crippen LogP contribution in [-0.4, -0.2) is 42.7 Å². The van der Waals surface area contributed by atoms with Crippen molar-refractivity contribution in [2.75, 3.05) is 13.4 Å². The number of halogens is 8. The predicted octanol–water partition coefficient (Wildman–Crippen LogP) is 5.39. The van der Waals surface area contributed by atoms with Crippen LogP contribution in [0.15, 0.2) is 22.6 Å². The fourth-order valence-electron chi connectivity index (χ4n) is 2.75. The molecule has 0 aromatic heterocycles. The quantitative estimate of drug-likeness (QED) is 0.101. The molecule has 0 aliphatic carbocycles. The van der Waals surface area contributed by atoms with Crippen LogP contribution < -0.4 is 4.74 Å². The van der Waals surface area contributed by atoms with Crippen molar-refractivity contribution in [3.63, 3.8) is 0 Å². The average molecular weight is 545 g/mol. The lowest BCUT2D eigenvalue weighted by Crippen LogP contribution is -2.41. The molecule has 1 aliphatic rings. The van der Waals surface area contributed by atoms with Crippen LogP contribution in [0.3, 0.4) is 0 Å². The Morgan fingerprint density at radius 3 is 2.31 bits per heavy atom. The van der Waals surface area contributed by atoms with Gasteiger partial charge in [0.25, 0.3) is 5.09 Å². The van der Waals surface area contributed by atoms with Crippen molar-refractivity contribution in [3.05, 3.63) is 38.9 Å². The fourth-order valence-corrected chi connectivity index (χ4v) is 3.50. The van der Waals surface area contributed by atoms with E-state index in [-0.39, 0.29) is 24.6 Å². The maximum absolute atomic E-state index is 13.4. The Bertz CT molecular complexity index is 1070. The SMILES string of the molecule is Cc1cc(S(F)(F)(F)(F)F)cc2c1O[C@H](C(F)(F)F)C(C(=O)OCOC(=O)CCCO[N+](=O)[O-])=C2. The van der Waals surface area contributed by atoms with Gasteiger partial charge in [0.1, 0.15) is 10.6 Å². The average Bonchev–Trinajstić information content (AvgIpc) is 2.67. The largest absolute Gasteiger partial charge is 0.475 e. The van der Waals surface area contributed by atoms with Gasteiger partial charge in [-0.05, 0) is 37.1 Å². The van der Waals surface area contributed by atoms with Crippen LogP contribution in [0.1, 0.15) is 24.0 Å². The molecule has 0 radical (unpaired) electrons. The van der Waals surface area contributed by atoms with Crippen molar-refractivity contribution in [2.24, 2.45) is 0 Å². The first-order valence-corrected chi connectivity index (χ1v) is 11.1. The smallest absolute Gasteiger partial charge is 0.430 e. The minimum Gasteiger partial charge on any atom is -0.475 e. The van der Waals surface area contributed by atoms with Crippen LogP contribution in [0.5, 0.6) is 5.75 Å². The summed E-state index contributed by atoms with van der Waals surface area (Å²) >= 11 is 0. The zero-order valence-electron chi connectivity index (χ0n) is 17.3. The fraction of sp³-hybridized carbons (Fsp3) is 0.412. The Hall–Kier alpha value is -3.31. The van der Waals surface area contributed by atoms with E-state index >= 15 is 0 Å². The highest BCUT2D eigenvalue weighted by Crippen LogP contribution is 3.02. The molecule has 0 spiro atoms. The van der Waals surface area contributed by atoms with Crippen LogP contribution in [-0.2, 0) is 23.9 Å². The molecular weight excluding hydrogens is 530 g/mol. The van der Waals surface area contributed by atoms with E-state index in [4.69, 9.17) is 0 Å². The topological polar surface area (TPSA) is 114 Å². The maximum atomic E-state index is 13.4. The van der Waals surface area contributed by atoms with E-state index in [2.05, 4.69) is 19.0 Å². The molecule has 0 saturated heterocycles. The number of fused-ring (bicyclic) bond motifs is 1. The van der Waals surface area contributed by atoms with Gasteiger partial charge in [0.05, 0.1) is 12.2 Å². The van der Waals surface area contributed by atoms with Crippen molar-refractivity contribution in [1.82, 2.24) is 0 Å². The van der Waals surface area contributed by atoms with Gasteiger partial charge in [-0.25, -0.2) is 4.79 Å². The summed E-state index contributed by atoms with van der Waals surface area (Å²) < 4.78 is 120. The van der Waals surface area contributed by atoms with Crippen LogP contribution in [0.4, 0.5) is 32.6 Å². The van der Waals surface area contributed by atoms with Gasteiger partial charge in [0.2, 0.25) is 12.9 Å². The second-order valence-electron chi connectivity index (χ2n) is 6.99. The Morgan fingerprint density at radius 1 is 1.14 bits per heavy atom. The van der Waals surface area contributed by atoms with Crippen molar-refractivity contribution >= 4 is 28.2 Å². The molecule has 0 amide bonds. The molecule has 18 heteroatoms. The predicted molar refractivity (Wildman–Crippen MR) is 100 cm³/mol. The second kappa shape index (κ2) is 8.72. The minimum absolute atomic E-state index is 0.0683. The second-order valence-corrected chi connectivity index (χ2v) is 9.40. The monoisotopic (exact) mass is 545 g/mol. The van der Waals surface area contributed by atoms with Crippen LogP contribution in [0.25, 0.3) is 6.08 Å². The van der Waals surface area contributed by atoms with Crippen LogP contribution >= 0.6 is 10.2 Å². The number of esters is 2. The van der Waals surface area contributed by atoms with Crippen molar-refractivity contribution in [1.29, 1.82) is 0 Å². The summed E-state index contributed by atoms with van der Waals surface area (Å²) in [6.45, 7) is -0.890. The van der Waals surface area contributed by atoms with Crippen LogP contribution in [0.2, 0.25) is 0 Å². The van der Waals surface area contributed by atoms with Gasteiger partial charge in [-0.3, -0.25) is 4.79 Å². The van der Waals surface area contributed by atoms with E-state index in [0.717, 1.165) is 6.92 Å². The Morgan fingerprint density at radius 2 is 1.77 bits per heavy atom. The summed E-state index contributed by atoms with van der Waals surface area (Å²) in [7, 11) is -10.2. The van der Waals surface area contributed by atoms with E-state index in [1.165, 1.54) is 0 Å². The summed E-state index contributed by atoms with van der Waals surface area (Å²) in [4.78, 5) is 35.1. The number of rotatable bonds is 9. The number of carbonyl (C=O) groups excluding carboxylic acids is 2. The number of hydrogen-bond acceptors (Lipinski definition) is 8. The van der Waals surface area contributed by atoms with E-state index in [1.54, 1.807) is 0 Å². The first kappa shape index (κ1) is 27.9. The number of hydrogen-bond donors (Lipinski definition) is 0. The molecule has 2 rings (SSSR count). The zero-order valence-corrected chi connectivity index (χ0v) is 18.1. The van der Waals surface area contributed by atoms with Gasteiger partial charge < -0.3 is 19.0 Å². The number of nitrogens with zero attached hydrogens (tertiary/aromatic N) is 1. The Balaban J connectivity index is 2.23. The molecule has 1 aromatic rings. The molecule has 0 bridgehead atoms. The normalized spacial score (nSPS) is 17.6. The summed E-state index contributed by atoms with van der Waals surface area (Å²) in [6.07, 6.45) is -8.68. The summed E-state index contributed by atoms with van der Waals surface area (Å²) in [5.74, 6) is -3.71. The number of aryl methyl sites for hydroxylation is 1. The lowest BCUT2D eigenvalue weighted by atomic mass is 9.99. The third-order valence-electron chi connectivity index (χ3n) is 4.22. The first-order chi connectivity index (χ1) is 15.7. The molecule has 0 saturated carbocycles. The van der Waals surface area contributed by atoms with E-state index < -0.39 is 86.7 Å². The highest BCUT2D eigenvalue weighted by molar-refractivity contribution is 8.45. The third-order valence-corrected chi connectivity index (χ3v) is 5.34. The van der Waals surface area contributed by atoms with Crippen molar-refractivity contribution in [3.8, 4) is 5.75 Å². The number of ether oxygens (including phenoxy) is 3. The van der Waals surface area contributed by atoms with E-state index in [9.17, 15) is 52.3 Å². The molecule has 35 heavy (non-hydrogen) atoms. The number of alkyl halides is 3.